The molecule has 0 aliphatic carbocycles. The monoisotopic (exact) mass is 740 g/mol. The second-order valence-electron chi connectivity index (χ2n) is 14.9. The second-order valence-corrected chi connectivity index (χ2v) is 14.9. The zero-order valence-electron chi connectivity index (χ0n) is 33.0. The van der Waals surface area contributed by atoms with Crippen LogP contribution in [0, 0.1) is 17.8 Å². The first kappa shape index (κ1) is 46.8. The molecule has 0 aromatic rings. The lowest BCUT2D eigenvalue weighted by Gasteiger charge is -2.34. The maximum atomic E-state index is 14.0. The first-order chi connectivity index (χ1) is 24.6. The number of cyclic esters (lactones) is 1. The minimum absolute atomic E-state index is 0.00741. The average Bonchev–Trinajstić information content (AvgIpc) is 3.10. The molecule has 0 aromatic heterocycles. The zero-order valence-corrected chi connectivity index (χ0v) is 33.0. The molecular weight excluding hydrogens is 670 g/mol. The molecule has 0 aromatic carbocycles. The van der Waals surface area contributed by atoms with E-state index in [1.54, 1.807) is 13.8 Å². The highest BCUT2D eigenvalue weighted by Gasteiger charge is 2.38. The van der Waals surface area contributed by atoms with Crippen LogP contribution < -0.4 is 21.3 Å². The number of ether oxygens (including phenoxy) is 1. The number of aliphatic hydroxyl groups is 2. The summed E-state index contributed by atoms with van der Waals surface area (Å²) in [5.74, 6) is -5.63. The van der Waals surface area contributed by atoms with E-state index in [1.807, 2.05) is 20.8 Å². The minimum atomic E-state index is -1.54. The SMILES string of the molecule is CCCCCCCCCCCC[C@H]1OC(=O)CNC(=O)[C@H](C(C)O)NC(=O)[C@H](CO)NC(=O)[C@H](C(C)CC)NC(=O)[C@H](CC(C)C)N(C)C(=O)[C@@H]1C. The van der Waals surface area contributed by atoms with E-state index in [9.17, 15) is 39.0 Å². The van der Waals surface area contributed by atoms with Crippen LogP contribution in [0.15, 0.2) is 0 Å². The molecule has 300 valence electrons. The van der Waals surface area contributed by atoms with Crippen molar-refractivity contribution >= 4 is 35.5 Å². The average molecular weight is 740 g/mol. The van der Waals surface area contributed by atoms with Crippen molar-refractivity contribution in [2.45, 2.75) is 168 Å². The Morgan fingerprint density at radius 2 is 1.33 bits per heavy atom. The summed E-state index contributed by atoms with van der Waals surface area (Å²) in [5.41, 5.74) is 0. The van der Waals surface area contributed by atoms with Crippen molar-refractivity contribution in [3.05, 3.63) is 0 Å². The lowest BCUT2D eigenvalue weighted by Crippen LogP contribution is -2.61. The molecule has 0 radical (unpaired) electrons. The van der Waals surface area contributed by atoms with Crippen LogP contribution in [0.5, 0.6) is 0 Å². The largest absolute Gasteiger partial charge is 0.460 e. The van der Waals surface area contributed by atoms with Crippen molar-refractivity contribution in [2.75, 3.05) is 20.2 Å². The van der Waals surface area contributed by atoms with E-state index in [0.717, 1.165) is 25.7 Å². The number of amides is 5. The lowest BCUT2D eigenvalue weighted by atomic mass is 9.94. The summed E-state index contributed by atoms with van der Waals surface area (Å²) in [6, 6.07) is -5.15. The fourth-order valence-corrected chi connectivity index (χ4v) is 6.31. The van der Waals surface area contributed by atoms with Crippen LogP contribution in [0.2, 0.25) is 0 Å². The zero-order chi connectivity index (χ0) is 39.4. The molecule has 1 aliphatic heterocycles. The molecule has 1 aliphatic rings. The van der Waals surface area contributed by atoms with Gasteiger partial charge in [0.15, 0.2) is 0 Å². The first-order valence-electron chi connectivity index (χ1n) is 19.5. The predicted octanol–water partition coefficient (Wildman–Crippen LogP) is 2.72. The number of aliphatic hydroxyl groups excluding tert-OH is 2. The quantitative estimate of drug-likeness (QED) is 0.0958. The fraction of sp³-hybridized carbons (Fsp3) is 0.842. The summed E-state index contributed by atoms with van der Waals surface area (Å²) >= 11 is 0. The van der Waals surface area contributed by atoms with E-state index in [-0.39, 0.29) is 12.3 Å². The van der Waals surface area contributed by atoms with Gasteiger partial charge in [-0.3, -0.25) is 28.8 Å². The molecule has 1 saturated heterocycles. The summed E-state index contributed by atoms with van der Waals surface area (Å²) in [4.78, 5) is 82.2. The first-order valence-corrected chi connectivity index (χ1v) is 19.5. The van der Waals surface area contributed by atoms with Gasteiger partial charge in [-0.25, -0.2) is 0 Å². The standard InChI is InChI=1S/C38H69N5O9/c1-9-11-12-13-14-15-16-17-18-19-20-30-26(6)38(51)43(8)29(21-24(3)4)35(48)41-32(25(5)10-2)37(50)40-28(23-44)34(47)42-33(27(7)45)36(49)39-22-31(46)52-30/h24-30,32-33,44-45H,9-23H2,1-8H3,(H,39,49)(H,40,50)(H,41,48)(H,42,47)/t25?,26-,27?,28+,29+,30-,32+,33+/m1/s1. The van der Waals surface area contributed by atoms with Gasteiger partial charge in [-0.15, -0.1) is 0 Å². The van der Waals surface area contributed by atoms with Crippen LogP contribution in [0.3, 0.4) is 0 Å². The molecule has 1 rings (SSSR count). The van der Waals surface area contributed by atoms with Gasteiger partial charge in [-0.1, -0.05) is 106 Å². The molecule has 6 N–H and O–H groups in total. The van der Waals surface area contributed by atoms with Crippen molar-refractivity contribution < 1.29 is 43.7 Å². The molecule has 14 nitrogen and oxygen atoms in total. The Balaban J connectivity index is 3.42. The number of nitrogens with one attached hydrogen (secondary N) is 4. The number of hydrogen-bond acceptors (Lipinski definition) is 9. The van der Waals surface area contributed by atoms with E-state index in [2.05, 4.69) is 28.2 Å². The number of likely N-dealkylation sites (N-methyl/N-ethyl adjacent to an activating group) is 1. The lowest BCUT2D eigenvalue weighted by molar-refractivity contribution is -0.157. The van der Waals surface area contributed by atoms with Crippen molar-refractivity contribution in [3.8, 4) is 0 Å². The molecule has 0 spiro atoms. The van der Waals surface area contributed by atoms with Crippen LogP contribution in [0.25, 0.3) is 0 Å². The van der Waals surface area contributed by atoms with E-state index < -0.39 is 96.9 Å². The number of carbonyl (C=O) groups excluding carboxylic acids is 6. The highest BCUT2D eigenvalue weighted by atomic mass is 16.5. The smallest absolute Gasteiger partial charge is 0.325 e. The van der Waals surface area contributed by atoms with Gasteiger partial charge in [0.2, 0.25) is 29.5 Å². The van der Waals surface area contributed by atoms with Crippen molar-refractivity contribution in [1.82, 2.24) is 26.2 Å². The molecule has 0 bridgehead atoms. The van der Waals surface area contributed by atoms with Crippen LogP contribution in [-0.2, 0) is 33.5 Å². The predicted molar refractivity (Wildman–Crippen MR) is 199 cm³/mol. The summed E-state index contributed by atoms with van der Waals surface area (Å²) < 4.78 is 5.81. The summed E-state index contributed by atoms with van der Waals surface area (Å²) in [7, 11) is 1.52. The molecule has 1 fully saturated rings. The molecule has 8 atom stereocenters. The highest BCUT2D eigenvalue weighted by molar-refractivity contribution is 5.96. The number of esters is 1. The normalized spacial score (nSPS) is 25.9. The number of carbonyl (C=O) groups is 6. The van der Waals surface area contributed by atoms with Crippen molar-refractivity contribution in [1.29, 1.82) is 0 Å². The van der Waals surface area contributed by atoms with Gasteiger partial charge < -0.3 is 41.1 Å². The summed E-state index contributed by atoms with van der Waals surface area (Å²) in [5, 5.41) is 30.3. The van der Waals surface area contributed by atoms with E-state index in [0.29, 0.717) is 19.3 Å². The summed E-state index contributed by atoms with van der Waals surface area (Å²) in [6.45, 7) is 11.1. The molecular formula is C38H69N5O9. The third-order valence-corrected chi connectivity index (χ3v) is 9.96. The Labute approximate surface area is 311 Å². The van der Waals surface area contributed by atoms with Gasteiger partial charge in [0.1, 0.15) is 36.8 Å². The maximum Gasteiger partial charge on any atom is 0.325 e. The second kappa shape index (κ2) is 24.9. The Bertz CT molecular complexity index is 1130. The van der Waals surface area contributed by atoms with Gasteiger partial charge in [0.05, 0.1) is 18.6 Å². The Morgan fingerprint density at radius 3 is 1.85 bits per heavy atom. The van der Waals surface area contributed by atoms with Crippen LogP contribution in [-0.4, -0.2) is 107 Å². The molecule has 5 amide bonds. The third kappa shape index (κ3) is 16.2. The molecule has 2 unspecified atom stereocenters. The maximum absolute atomic E-state index is 14.0. The van der Waals surface area contributed by atoms with Crippen LogP contribution in [0.1, 0.15) is 132 Å². The molecule has 0 saturated carbocycles. The third-order valence-electron chi connectivity index (χ3n) is 9.96. The Hall–Kier alpha value is -3.26. The molecule has 52 heavy (non-hydrogen) atoms. The van der Waals surface area contributed by atoms with Crippen molar-refractivity contribution in [2.24, 2.45) is 17.8 Å². The number of hydrogen-bond donors (Lipinski definition) is 6. The van der Waals surface area contributed by atoms with Gasteiger partial charge in [0, 0.05) is 7.05 Å². The minimum Gasteiger partial charge on any atom is -0.460 e. The van der Waals surface area contributed by atoms with E-state index in [4.69, 9.17) is 4.74 Å². The number of unbranched alkanes of at least 4 members (excludes halogenated alkanes) is 9. The topological polar surface area (TPSA) is 203 Å². The van der Waals surface area contributed by atoms with Gasteiger partial charge >= 0.3 is 5.97 Å². The Morgan fingerprint density at radius 1 is 0.769 bits per heavy atom. The fourth-order valence-electron chi connectivity index (χ4n) is 6.31. The molecule has 1 heterocycles. The molecule has 14 heteroatoms. The van der Waals surface area contributed by atoms with Gasteiger partial charge in [0.25, 0.3) is 0 Å². The number of rotatable bonds is 17. The van der Waals surface area contributed by atoms with Gasteiger partial charge in [-0.05, 0) is 38.0 Å². The van der Waals surface area contributed by atoms with Crippen molar-refractivity contribution in [3.63, 3.8) is 0 Å². The van der Waals surface area contributed by atoms with Crippen LogP contribution >= 0.6 is 0 Å². The van der Waals surface area contributed by atoms with Crippen LogP contribution in [0.4, 0.5) is 0 Å². The summed E-state index contributed by atoms with van der Waals surface area (Å²) in [6.07, 6.45) is 9.93. The van der Waals surface area contributed by atoms with E-state index in [1.165, 1.54) is 51.0 Å². The van der Waals surface area contributed by atoms with E-state index >= 15 is 0 Å². The Kier molecular flexibility index (Phi) is 22.4. The van der Waals surface area contributed by atoms with Gasteiger partial charge in [-0.2, -0.15) is 0 Å². The number of nitrogens with zero attached hydrogens (tertiary/aromatic N) is 1. The highest BCUT2D eigenvalue weighted by Crippen LogP contribution is 2.22.